The minimum absolute atomic E-state index is 0.0393. The molecule has 3 nitrogen and oxygen atoms in total. The molecule has 0 radical (unpaired) electrons. The highest BCUT2D eigenvalue weighted by atomic mass is 16.1. The number of Topliss-reactive ketones (excluding diaryl/α,β-unsaturated/α-hetero) is 3. The van der Waals surface area contributed by atoms with Crippen LogP contribution >= 0.6 is 0 Å². The van der Waals surface area contributed by atoms with E-state index in [0.717, 1.165) is 32.1 Å². The van der Waals surface area contributed by atoms with Gasteiger partial charge in [0.2, 0.25) is 0 Å². The quantitative estimate of drug-likeness (QED) is 0.787. The van der Waals surface area contributed by atoms with Crippen LogP contribution < -0.4 is 0 Å². The van der Waals surface area contributed by atoms with Crippen molar-refractivity contribution in [3.05, 3.63) is 0 Å². The van der Waals surface area contributed by atoms with Crippen LogP contribution in [0.2, 0.25) is 0 Å². The van der Waals surface area contributed by atoms with Gasteiger partial charge in [-0.05, 0) is 44.9 Å². The van der Waals surface area contributed by atoms with Crippen molar-refractivity contribution in [3.63, 3.8) is 0 Å². The molecule has 106 valence electrons. The number of carbonyl (C=O) groups is 3. The highest BCUT2D eigenvalue weighted by Crippen LogP contribution is 2.36. The number of hydrogen-bond donors (Lipinski definition) is 0. The van der Waals surface area contributed by atoms with Gasteiger partial charge in [0.25, 0.3) is 0 Å². The Morgan fingerprint density at radius 1 is 1.05 bits per heavy atom. The Bertz CT molecular complexity index is 377. The zero-order chi connectivity index (χ0) is 14.0. The molecule has 3 heteroatoms. The molecular formula is C16H24O3. The van der Waals surface area contributed by atoms with E-state index in [-0.39, 0.29) is 29.3 Å². The van der Waals surface area contributed by atoms with Gasteiger partial charge in [-0.2, -0.15) is 0 Å². The first-order valence-electron chi connectivity index (χ1n) is 7.53. The van der Waals surface area contributed by atoms with E-state index in [1.54, 1.807) is 6.92 Å². The maximum absolute atomic E-state index is 12.0. The summed E-state index contributed by atoms with van der Waals surface area (Å²) in [6.45, 7) is 3.53. The largest absolute Gasteiger partial charge is 0.300 e. The second kappa shape index (κ2) is 5.98. The minimum atomic E-state index is -0.0720. The topological polar surface area (TPSA) is 51.2 Å². The molecule has 2 aliphatic rings. The summed E-state index contributed by atoms with van der Waals surface area (Å²) in [4.78, 5) is 35.1. The molecule has 0 aromatic heterocycles. The number of rotatable bonds is 3. The third-order valence-electron chi connectivity index (χ3n) is 5.00. The fourth-order valence-electron chi connectivity index (χ4n) is 3.56. The van der Waals surface area contributed by atoms with Gasteiger partial charge in [-0.3, -0.25) is 14.4 Å². The van der Waals surface area contributed by atoms with Crippen molar-refractivity contribution in [1.82, 2.24) is 0 Å². The number of hydrogen-bond acceptors (Lipinski definition) is 3. The summed E-state index contributed by atoms with van der Waals surface area (Å²) >= 11 is 0. The summed E-state index contributed by atoms with van der Waals surface area (Å²) in [5.74, 6) is 1.49. The van der Waals surface area contributed by atoms with Crippen LogP contribution in [0.15, 0.2) is 0 Å². The summed E-state index contributed by atoms with van der Waals surface area (Å²) in [7, 11) is 0. The van der Waals surface area contributed by atoms with Crippen LogP contribution in [0, 0.1) is 23.7 Å². The Labute approximate surface area is 115 Å². The zero-order valence-electron chi connectivity index (χ0n) is 12.0. The molecule has 2 unspecified atom stereocenters. The van der Waals surface area contributed by atoms with Crippen molar-refractivity contribution in [3.8, 4) is 0 Å². The van der Waals surface area contributed by atoms with Gasteiger partial charge in [0, 0.05) is 30.6 Å². The Kier molecular flexibility index (Phi) is 4.54. The van der Waals surface area contributed by atoms with Gasteiger partial charge in [0.15, 0.2) is 0 Å². The summed E-state index contributed by atoms with van der Waals surface area (Å²) < 4.78 is 0. The Morgan fingerprint density at radius 3 is 2.26 bits per heavy atom. The maximum Gasteiger partial charge on any atom is 0.137 e. The molecule has 2 aliphatic carbocycles. The Morgan fingerprint density at radius 2 is 1.68 bits per heavy atom. The van der Waals surface area contributed by atoms with Gasteiger partial charge in [-0.25, -0.2) is 0 Å². The molecule has 2 atom stereocenters. The van der Waals surface area contributed by atoms with Crippen molar-refractivity contribution >= 4 is 17.3 Å². The lowest BCUT2D eigenvalue weighted by molar-refractivity contribution is -0.137. The van der Waals surface area contributed by atoms with E-state index in [4.69, 9.17) is 0 Å². The maximum atomic E-state index is 12.0. The van der Waals surface area contributed by atoms with Crippen LogP contribution in [0.4, 0.5) is 0 Å². The zero-order valence-corrected chi connectivity index (χ0v) is 12.0. The summed E-state index contributed by atoms with van der Waals surface area (Å²) in [6.07, 6.45) is 5.76. The molecule has 2 rings (SSSR count). The predicted octanol–water partition coefficient (Wildman–Crippen LogP) is 2.96. The van der Waals surface area contributed by atoms with Gasteiger partial charge in [-0.1, -0.05) is 6.92 Å². The van der Waals surface area contributed by atoms with E-state index >= 15 is 0 Å². The second-order valence-electron chi connectivity index (χ2n) is 6.50. The van der Waals surface area contributed by atoms with Crippen molar-refractivity contribution in [2.75, 3.05) is 0 Å². The molecule has 0 saturated heterocycles. The van der Waals surface area contributed by atoms with Crippen molar-refractivity contribution in [2.24, 2.45) is 23.7 Å². The monoisotopic (exact) mass is 264 g/mol. The lowest BCUT2D eigenvalue weighted by Gasteiger charge is -2.31. The summed E-state index contributed by atoms with van der Waals surface area (Å²) in [5, 5.41) is 0. The molecule has 0 aromatic rings. The van der Waals surface area contributed by atoms with E-state index in [1.165, 1.54) is 0 Å². The second-order valence-corrected chi connectivity index (χ2v) is 6.50. The van der Waals surface area contributed by atoms with E-state index in [1.807, 2.05) is 6.92 Å². The van der Waals surface area contributed by atoms with Crippen molar-refractivity contribution in [2.45, 2.75) is 58.8 Å². The van der Waals surface area contributed by atoms with Crippen LogP contribution in [-0.4, -0.2) is 17.3 Å². The van der Waals surface area contributed by atoms with Gasteiger partial charge < -0.3 is 0 Å². The predicted molar refractivity (Wildman–Crippen MR) is 72.6 cm³/mol. The minimum Gasteiger partial charge on any atom is -0.300 e. The van der Waals surface area contributed by atoms with E-state index < -0.39 is 0 Å². The van der Waals surface area contributed by atoms with Crippen molar-refractivity contribution in [1.29, 1.82) is 0 Å². The van der Waals surface area contributed by atoms with E-state index in [0.29, 0.717) is 24.5 Å². The SMILES string of the molecule is CC(=O)C1CCC(CC2CC(=O)C(C)CC2=O)CC1. The molecule has 19 heavy (non-hydrogen) atoms. The molecule has 0 aromatic carbocycles. The molecular weight excluding hydrogens is 240 g/mol. The lowest BCUT2D eigenvalue weighted by atomic mass is 9.72. The van der Waals surface area contributed by atoms with Gasteiger partial charge >= 0.3 is 0 Å². The summed E-state index contributed by atoms with van der Waals surface area (Å²) in [5.41, 5.74) is 0. The van der Waals surface area contributed by atoms with Crippen LogP contribution in [0.3, 0.4) is 0 Å². The Balaban J connectivity index is 1.84. The molecule has 0 aliphatic heterocycles. The first-order chi connectivity index (χ1) is 8.97. The molecule has 2 saturated carbocycles. The average molecular weight is 264 g/mol. The van der Waals surface area contributed by atoms with Crippen LogP contribution in [0.25, 0.3) is 0 Å². The van der Waals surface area contributed by atoms with Gasteiger partial charge in [0.1, 0.15) is 17.3 Å². The van der Waals surface area contributed by atoms with Gasteiger partial charge in [0.05, 0.1) is 0 Å². The van der Waals surface area contributed by atoms with E-state index in [9.17, 15) is 14.4 Å². The van der Waals surface area contributed by atoms with Gasteiger partial charge in [-0.15, -0.1) is 0 Å². The van der Waals surface area contributed by atoms with Crippen molar-refractivity contribution < 1.29 is 14.4 Å². The Hall–Kier alpha value is -0.990. The molecule has 0 N–H and O–H groups in total. The third kappa shape index (κ3) is 3.52. The fourth-order valence-corrected chi connectivity index (χ4v) is 3.56. The number of ketones is 3. The smallest absolute Gasteiger partial charge is 0.137 e. The first kappa shape index (κ1) is 14.4. The number of carbonyl (C=O) groups excluding carboxylic acids is 3. The lowest BCUT2D eigenvalue weighted by Crippen LogP contribution is -2.33. The standard InChI is InChI=1S/C16H24O3/c1-10-7-16(19)14(9-15(10)18)8-12-3-5-13(6-4-12)11(2)17/h10,12-14H,3-9H2,1-2H3. The molecule has 2 fully saturated rings. The highest BCUT2D eigenvalue weighted by molar-refractivity contribution is 5.95. The van der Waals surface area contributed by atoms with Crippen LogP contribution in [0.5, 0.6) is 0 Å². The van der Waals surface area contributed by atoms with E-state index in [2.05, 4.69) is 0 Å². The third-order valence-corrected chi connectivity index (χ3v) is 5.00. The molecule has 0 heterocycles. The molecule has 0 amide bonds. The fraction of sp³-hybridized carbons (Fsp3) is 0.812. The summed E-state index contributed by atoms with van der Waals surface area (Å²) in [6, 6.07) is 0. The molecule has 0 bridgehead atoms. The first-order valence-corrected chi connectivity index (χ1v) is 7.53. The normalized spacial score (nSPS) is 36.3. The highest BCUT2D eigenvalue weighted by Gasteiger charge is 2.34. The van der Waals surface area contributed by atoms with Crippen LogP contribution in [-0.2, 0) is 14.4 Å². The van der Waals surface area contributed by atoms with Crippen LogP contribution in [0.1, 0.15) is 58.8 Å². The average Bonchev–Trinajstić information content (AvgIpc) is 2.36. The molecule has 0 spiro atoms.